The maximum Gasteiger partial charge on any atom is 0.248 e. The van der Waals surface area contributed by atoms with E-state index in [1.807, 2.05) is 43.4 Å². The number of aromatic nitrogens is 2. The van der Waals surface area contributed by atoms with E-state index in [1.54, 1.807) is 6.07 Å². The number of morpholine rings is 1. The molecule has 1 saturated heterocycles. The lowest BCUT2D eigenvalue weighted by Crippen LogP contribution is -2.45. The normalized spacial score (nSPS) is 20.8. The smallest absolute Gasteiger partial charge is 0.248 e. The van der Waals surface area contributed by atoms with E-state index in [1.165, 1.54) is 32.1 Å². The van der Waals surface area contributed by atoms with Crippen LogP contribution in [0.4, 0.5) is 5.95 Å². The molecule has 7 heteroatoms. The maximum absolute atomic E-state index is 11.7. The van der Waals surface area contributed by atoms with Crippen LogP contribution in [0.25, 0.3) is 11.1 Å². The summed E-state index contributed by atoms with van der Waals surface area (Å²) in [6.07, 6.45) is 8.23. The van der Waals surface area contributed by atoms with Crippen LogP contribution in [-0.4, -0.2) is 60.6 Å². The molecule has 2 fully saturated rings. The molecule has 7 nitrogen and oxygen atoms in total. The van der Waals surface area contributed by atoms with Gasteiger partial charge in [-0.15, -0.1) is 0 Å². The van der Waals surface area contributed by atoms with Crippen LogP contribution < -0.4 is 10.6 Å². The van der Waals surface area contributed by atoms with Crippen molar-refractivity contribution in [2.24, 2.45) is 5.73 Å². The number of carbonyl (C=O) groups is 1. The maximum atomic E-state index is 11.7. The minimum atomic E-state index is -0.443. The van der Waals surface area contributed by atoms with E-state index < -0.39 is 5.91 Å². The third kappa shape index (κ3) is 4.47. The highest BCUT2D eigenvalue weighted by Crippen LogP contribution is 2.34. The predicted octanol–water partition coefficient (Wildman–Crippen LogP) is 3.01. The van der Waals surface area contributed by atoms with Crippen molar-refractivity contribution in [3.63, 3.8) is 0 Å². The van der Waals surface area contributed by atoms with Gasteiger partial charge >= 0.3 is 0 Å². The summed E-state index contributed by atoms with van der Waals surface area (Å²) in [5.74, 6) is 0.208. The lowest BCUT2D eigenvalue weighted by molar-refractivity contribution is -0.0513. The van der Waals surface area contributed by atoms with Crippen molar-refractivity contribution in [3.8, 4) is 11.1 Å². The van der Waals surface area contributed by atoms with E-state index in [9.17, 15) is 4.79 Å². The van der Waals surface area contributed by atoms with Crippen molar-refractivity contribution in [1.82, 2.24) is 14.9 Å². The molecule has 1 saturated carbocycles. The Morgan fingerprint density at radius 3 is 2.77 bits per heavy atom. The summed E-state index contributed by atoms with van der Waals surface area (Å²) >= 11 is 0. The molecule has 2 N–H and O–H groups in total. The molecule has 160 valence electrons. The SMILES string of the molecule is CN(C)c1ncc(-c2cccc(C(N)=O)c2)c([C@H]2CN(C3CCCCC3)CCO2)n1. The molecule has 30 heavy (non-hydrogen) atoms. The van der Waals surface area contributed by atoms with Gasteiger partial charge in [-0.1, -0.05) is 31.4 Å². The van der Waals surface area contributed by atoms with Crippen molar-refractivity contribution in [2.45, 2.75) is 44.2 Å². The fraction of sp³-hybridized carbons (Fsp3) is 0.522. The van der Waals surface area contributed by atoms with Crippen LogP contribution in [0.2, 0.25) is 0 Å². The van der Waals surface area contributed by atoms with Crippen LogP contribution in [0.15, 0.2) is 30.5 Å². The molecule has 0 radical (unpaired) electrons. The number of ether oxygens (including phenoxy) is 1. The average molecular weight is 410 g/mol. The van der Waals surface area contributed by atoms with Gasteiger partial charge in [-0.05, 0) is 30.5 Å². The third-order valence-electron chi connectivity index (χ3n) is 6.16. The van der Waals surface area contributed by atoms with Crippen LogP contribution in [0, 0.1) is 0 Å². The number of nitrogens with two attached hydrogens (primary N) is 1. The highest BCUT2D eigenvalue weighted by atomic mass is 16.5. The highest BCUT2D eigenvalue weighted by molar-refractivity contribution is 5.94. The Morgan fingerprint density at radius 2 is 2.03 bits per heavy atom. The summed E-state index contributed by atoms with van der Waals surface area (Å²) in [5.41, 5.74) is 8.61. The summed E-state index contributed by atoms with van der Waals surface area (Å²) in [5, 5.41) is 0. The fourth-order valence-electron chi connectivity index (χ4n) is 4.52. The van der Waals surface area contributed by atoms with E-state index >= 15 is 0 Å². The van der Waals surface area contributed by atoms with Gasteiger partial charge in [-0.2, -0.15) is 0 Å². The molecule has 0 unspecified atom stereocenters. The van der Waals surface area contributed by atoms with E-state index in [4.69, 9.17) is 15.5 Å². The number of benzene rings is 1. The highest BCUT2D eigenvalue weighted by Gasteiger charge is 2.31. The first-order valence-electron chi connectivity index (χ1n) is 10.8. The van der Waals surface area contributed by atoms with Gasteiger partial charge in [0.1, 0.15) is 6.10 Å². The number of hydrogen-bond donors (Lipinski definition) is 1. The third-order valence-corrected chi connectivity index (χ3v) is 6.16. The molecule has 1 aromatic heterocycles. The van der Waals surface area contributed by atoms with Gasteiger partial charge in [0.2, 0.25) is 11.9 Å². The minimum Gasteiger partial charge on any atom is -0.369 e. The zero-order chi connectivity index (χ0) is 21.1. The number of anilines is 1. The second-order valence-electron chi connectivity index (χ2n) is 8.45. The molecule has 2 aliphatic rings. The number of amides is 1. The Morgan fingerprint density at radius 1 is 1.23 bits per heavy atom. The molecular weight excluding hydrogens is 378 g/mol. The quantitative estimate of drug-likeness (QED) is 0.817. The second kappa shape index (κ2) is 9.10. The fourth-order valence-corrected chi connectivity index (χ4v) is 4.52. The zero-order valence-electron chi connectivity index (χ0n) is 17.9. The van der Waals surface area contributed by atoms with E-state index in [0.717, 1.165) is 29.9 Å². The molecule has 1 amide bonds. The summed E-state index contributed by atoms with van der Waals surface area (Å²) < 4.78 is 6.22. The Labute approximate surface area is 178 Å². The summed E-state index contributed by atoms with van der Waals surface area (Å²) in [6.45, 7) is 2.50. The second-order valence-corrected chi connectivity index (χ2v) is 8.45. The molecule has 1 atom stereocenters. The number of hydrogen-bond acceptors (Lipinski definition) is 6. The molecule has 2 aromatic rings. The van der Waals surface area contributed by atoms with Crippen molar-refractivity contribution in [2.75, 3.05) is 38.7 Å². The molecular formula is C23H31N5O2. The predicted molar refractivity (Wildman–Crippen MR) is 117 cm³/mol. The monoisotopic (exact) mass is 409 g/mol. The molecule has 0 bridgehead atoms. The van der Waals surface area contributed by atoms with Gasteiger partial charge in [0.05, 0.1) is 12.3 Å². The van der Waals surface area contributed by atoms with Crippen LogP contribution in [0.5, 0.6) is 0 Å². The summed E-state index contributed by atoms with van der Waals surface area (Å²) in [6, 6.07) is 7.98. The Bertz CT molecular complexity index is 895. The van der Waals surface area contributed by atoms with Crippen LogP contribution in [-0.2, 0) is 4.74 Å². The molecule has 0 spiro atoms. The number of primary amides is 1. The van der Waals surface area contributed by atoms with E-state index in [2.05, 4.69) is 9.88 Å². The molecule has 1 aromatic carbocycles. The molecule has 4 rings (SSSR count). The largest absolute Gasteiger partial charge is 0.369 e. The van der Waals surface area contributed by atoms with Gasteiger partial charge in [0.25, 0.3) is 0 Å². The standard InChI is InChI=1S/C23H31N5O2/c1-27(2)23-25-14-19(16-7-6-8-17(13-16)22(24)29)21(26-23)20-15-28(11-12-30-20)18-9-4-3-5-10-18/h6-8,13-14,18,20H,3-5,9-12,15H2,1-2H3,(H2,24,29)/t20-/m1/s1. The Kier molecular flexibility index (Phi) is 6.29. The first kappa shape index (κ1) is 20.8. The zero-order valence-corrected chi connectivity index (χ0v) is 17.9. The average Bonchev–Trinajstić information content (AvgIpc) is 2.79. The van der Waals surface area contributed by atoms with E-state index in [-0.39, 0.29) is 6.10 Å². The Balaban J connectivity index is 1.69. The van der Waals surface area contributed by atoms with Crippen molar-refractivity contribution < 1.29 is 9.53 Å². The van der Waals surface area contributed by atoms with Crippen LogP contribution in [0.1, 0.15) is 54.3 Å². The lowest BCUT2D eigenvalue weighted by Gasteiger charge is -2.40. The van der Waals surface area contributed by atoms with Gasteiger partial charge in [-0.25, -0.2) is 9.97 Å². The molecule has 1 aliphatic heterocycles. The lowest BCUT2D eigenvalue weighted by atomic mass is 9.93. The molecule has 1 aliphatic carbocycles. The van der Waals surface area contributed by atoms with Crippen LogP contribution >= 0.6 is 0 Å². The van der Waals surface area contributed by atoms with Crippen LogP contribution in [0.3, 0.4) is 0 Å². The van der Waals surface area contributed by atoms with Crippen molar-refractivity contribution in [3.05, 3.63) is 41.7 Å². The van der Waals surface area contributed by atoms with Crippen molar-refractivity contribution >= 4 is 11.9 Å². The summed E-state index contributed by atoms with van der Waals surface area (Å²) in [4.78, 5) is 25.6. The van der Waals surface area contributed by atoms with Crippen molar-refractivity contribution in [1.29, 1.82) is 0 Å². The topological polar surface area (TPSA) is 84.6 Å². The Hall–Kier alpha value is -2.51. The molecule has 2 heterocycles. The van der Waals surface area contributed by atoms with Gasteiger partial charge in [-0.3, -0.25) is 9.69 Å². The number of nitrogens with zero attached hydrogens (tertiary/aromatic N) is 4. The summed E-state index contributed by atoms with van der Waals surface area (Å²) in [7, 11) is 3.87. The van der Waals surface area contributed by atoms with E-state index in [0.29, 0.717) is 24.2 Å². The minimum absolute atomic E-state index is 0.130. The number of rotatable bonds is 5. The van der Waals surface area contributed by atoms with Gasteiger partial charge in [0.15, 0.2) is 0 Å². The number of carbonyl (C=O) groups excluding carboxylic acids is 1. The first-order chi connectivity index (χ1) is 14.5. The first-order valence-corrected chi connectivity index (χ1v) is 10.8. The van der Waals surface area contributed by atoms with Gasteiger partial charge < -0.3 is 15.4 Å². The van der Waals surface area contributed by atoms with Gasteiger partial charge in [0, 0.05) is 50.6 Å².